The second-order valence-electron chi connectivity index (χ2n) is 6.95. The molecule has 6 nitrogen and oxygen atoms in total. The van der Waals surface area contributed by atoms with Gasteiger partial charge in [0.05, 0.1) is 17.9 Å². The molecule has 23 heavy (non-hydrogen) atoms. The number of carboxylic acid groups (broad SMARTS) is 1. The molecule has 7 heteroatoms. The number of rotatable bonds is 10. The van der Waals surface area contributed by atoms with Crippen LogP contribution in [0.4, 0.5) is 0 Å². The van der Waals surface area contributed by atoms with Gasteiger partial charge in [-0.1, -0.05) is 0 Å². The first-order chi connectivity index (χ1) is 10.5. The van der Waals surface area contributed by atoms with Crippen LogP contribution in [-0.2, 0) is 14.3 Å². The zero-order valence-electron chi connectivity index (χ0n) is 14.8. The van der Waals surface area contributed by atoms with Crippen LogP contribution >= 0.6 is 12.2 Å². The number of esters is 1. The average Bonchev–Trinajstić information content (AvgIpc) is 2.47. The summed E-state index contributed by atoms with van der Waals surface area (Å²) in [6, 6.07) is 0. The van der Waals surface area contributed by atoms with Crippen LogP contribution in [0, 0.1) is 10.8 Å². The normalized spacial score (nSPS) is 11.7. The fourth-order valence-corrected chi connectivity index (χ4v) is 2.22. The van der Waals surface area contributed by atoms with E-state index in [-0.39, 0.29) is 5.97 Å². The van der Waals surface area contributed by atoms with Crippen LogP contribution in [-0.4, -0.2) is 42.4 Å². The highest BCUT2D eigenvalue weighted by molar-refractivity contribution is 7.80. The molecule has 0 bridgehead atoms. The third kappa shape index (κ3) is 8.74. The number of carbonyl (C=O) groups is 2. The molecule has 0 radical (unpaired) electrons. The second kappa shape index (κ2) is 9.70. The van der Waals surface area contributed by atoms with Gasteiger partial charge in [0, 0.05) is 13.1 Å². The molecule has 0 saturated heterocycles. The fourth-order valence-electron chi connectivity index (χ4n) is 2.01. The summed E-state index contributed by atoms with van der Waals surface area (Å²) < 4.78 is 4.76. The molecule has 0 fully saturated rings. The summed E-state index contributed by atoms with van der Waals surface area (Å²) in [5, 5.41) is 15.7. The Bertz CT molecular complexity index is 422. The van der Waals surface area contributed by atoms with E-state index in [1.165, 1.54) is 7.11 Å². The summed E-state index contributed by atoms with van der Waals surface area (Å²) in [5.41, 5.74) is -1.20. The molecule has 0 spiro atoms. The fraction of sp³-hybridized carbons (Fsp3) is 0.812. The first kappa shape index (κ1) is 21.6. The third-order valence-corrected chi connectivity index (χ3v) is 4.13. The summed E-state index contributed by atoms with van der Waals surface area (Å²) in [7, 11) is 1.40. The largest absolute Gasteiger partial charge is 0.481 e. The molecule has 3 N–H and O–H groups in total. The number of thiocarbonyl (C=S) groups is 1. The lowest BCUT2D eigenvalue weighted by molar-refractivity contribution is -0.151. The van der Waals surface area contributed by atoms with Gasteiger partial charge in [0.15, 0.2) is 5.11 Å². The molecule has 0 amide bonds. The van der Waals surface area contributed by atoms with Crippen molar-refractivity contribution in [1.29, 1.82) is 0 Å². The number of aliphatic carboxylic acids is 1. The minimum atomic E-state index is -0.786. The van der Waals surface area contributed by atoms with Crippen LogP contribution in [0.15, 0.2) is 0 Å². The van der Waals surface area contributed by atoms with Gasteiger partial charge in [-0.15, -0.1) is 0 Å². The Balaban J connectivity index is 3.81. The molecule has 0 aromatic rings. The van der Waals surface area contributed by atoms with Crippen molar-refractivity contribution in [1.82, 2.24) is 10.6 Å². The second-order valence-corrected chi connectivity index (χ2v) is 7.36. The first-order valence-corrected chi connectivity index (χ1v) is 8.27. The van der Waals surface area contributed by atoms with Gasteiger partial charge < -0.3 is 20.5 Å². The number of ether oxygens (including phenoxy) is 1. The molecule has 0 aliphatic carbocycles. The van der Waals surface area contributed by atoms with Crippen molar-refractivity contribution in [3.05, 3.63) is 0 Å². The lowest BCUT2D eigenvalue weighted by atomic mass is 9.88. The lowest BCUT2D eigenvalue weighted by Gasteiger charge is -2.21. The molecule has 134 valence electrons. The van der Waals surface area contributed by atoms with E-state index in [9.17, 15) is 9.59 Å². The smallest absolute Gasteiger partial charge is 0.311 e. The van der Waals surface area contributed by atoms with Crippen molar-refractivity contribution < 1.29 is 19.4 Å². The van der Waals surface area contributed by atoms with Crippen LogP contribution in [0.3, 0.4) is 0 Å². The van der Waals surface area contributed by atoms with Gasteiger partial charge in [0.1, 0.15) is 0 Å². The highest BCUT2D eigenvalue weighted by atomic mass is 32.1. The van der Waals surface area contributed by atoms with E-state index in [0.29, 0.717) is 31.0 Å². The summed E-state index contributed by atoms with van der Waals surface area (Å²) >= 11 is 5.16. The van der Waals surface area contributed by atoms with Crippen LogP contribution < -0.4 is 10.6 Å². The molecule has 0 aromatic heterocycles. The van der Waals surface area contributed by atoms with Crippen molar-refractivity contribution >= 4 is 29.3 Å². The van der Waals surface area contributed by atoms with Crippen molar-refractivity contribution in [3.63, 3.8) is 0 Å². The molecule has 0 rings (SSSR count). The standard InChI is InChI=1S/C16H30N2O4S/c1-15(2,12(19)20)8-6-10-17-14(23)18-11-7-9-16(3,4)13(21)22-5/h6-11H2,1-5H3,(H,19,20)(H2,17,18,23). The van der Waals surface area contributed by atoms with Crippen molar-refractivity contribution in [2.75, 3.05) is 20.2 Å². The Labute approximate surface area is 144 Å². The zero-order chi connectivity index (χ0) is 18.1. The van der Waals surface area contributed by atoms with E-state index in [1.807, 2.05) is 13.8 Å². The molecule has 0 aliphatic heterocycles. The van der Waals surface area contributed by atoms with Crippen LogP contribution in [0.2, 0.25) is 0 Å². The molecule has 0 aliphatic rings. The first-order valence-electron chi connectivity index (χ1n) is 7.86. The third-order valence-electron chi connectivity index (χ3n) is 3.85. The van der Waals surface area contributed by atoms with Crippen LogP contribution in [0.25, 0.3) is 0 Å². The van der Waals surface area contributed by atoms with Gasteiger partial charge in [-0.25, -0.2) is 0 Å². The van der Waals surface area contributed by atoms with Gasteiger partial charge in [-0.05, 0) is 65.6 Å². The Morgan fingerprint density at radius 2 is 1.43 bits per heavy atom. The van der Waals surface area contributed by atoms with E-state index in [2.05, 4.69) is 10.6 Å². The van der Waals surface area contributed by atoms with Gasteiger partial charge in [-0.3, -0.25) is 9.59 Å². The van der Waals surface area contributed by atoms with Crippen molar-refractivity contribution in [2.24, 2.45) is 10.8 Å². The molecule has 0 unspecified atom stereocenters. The summed E-state index contributed by atoms with van der Waals surface area (Å²) in [4.78, 5) is 22.5. The van der Waals surface area contributed by atoms with E-state index in [4.69, 9.17) is 22.1 Å². The van der Waals surface area contributed by atoms with Crippen LogP contribution in [0.1, 0.15) is 53.4 Å². The van der Waals surface area contributed by atoms with Crippen molar-refractivity contribution in [2.45, 2.75) is 53.4 Å². The van der Waals surface area contributed by atoms with Gasteiger partial charge >= 0.3 is 11.9 Å². The average molecular weight is 346 g/mol. The monoisotopic (exact) mass is 346 g/mol. The molecule has 0 atom stereocenters. The van der Waals surface area contributed by atoms with E-state index < -0.39 is 16.8 Å². The Hall–Kier alpha value is -1.37. The molecule has 0 aromatic carbocycles. The maximum Gasteiger partial charge on any atom is 0.311 e. The van der Waals surface area contributed by atoms with Crippen LogP contribution in [0.5, 0.6) is 0 Å². The lowest BCUT2D eigenvalue weighted by Crippen LogP contribution is -2.37. The molecule has 0 saturated carbocycles. The predicted octanol–water partition coefficient (Wildman–Crippen LogP) is 2.32. The Kier molecular flexibility index (Phi) is 9.12. The number of hydrogen-bond acceptors (Lipinski definition) is 4. The summed E-state index contributed by atoms with van der Waals surface area (Å²) in [5.74, 6) is -0.995. The highest BCUT2D eigenvalue weighted by Crippen LogP contribution is 2.23. The molecular weight excluding hydrogens is 316 g/mol. The van der Waals surface area contributed by atoms with Crippen molar-refractivity contribution in [3.8, 4) is 0 Å². The summed E-state index contributed by atoms with van der Waals surface area (Å²) in [6.45, 7) is 8.46. The van der Waals surface area contributed by atoms with E-state index in [1.54, 1.807) is 13.8 Å². The Morgan fingerprint density at radius 1 is 1.00 bits per heavy atom. The van der Waals surface area contributed by atoms with Gasteiger partial charge in [-0.2, -0.15) is 0 Å². The summed E-state index contributed by atoms with van der Waals surface area (Å²) in [6.07, 6.45) is 2.83. The quantitative estimate of drug-likeness (QED) is 0.318. The number of nitrogens with one attached hydrogen (secondary N) is 2. The van der Waals surface area contributed by atoms with E-state index in [0.717, 1.165) is 12.8 Å². The Morgan fingerprint density at radius 3 is 1.83 bits per heavy atom. The SMILES string of the molecule is COC(=O)C(C)(C)CCCNC(=S)NCCCC(C)(C)C(=O)O. The van der Waals surface area contributed by atoms with Gasteiger partial charge in [0.2, 0.25) is 0 Å². The predicted molar refractivity (Wildman–Crippen MR) is 94.3 cm³/mol. The maximum absolute atomic E-state index is 11.5. The van der Waals surface area contributed by atoms with Gasteiger partial charge in [0.25, 0.3) is 0 Å². The number of carboxylic acids is 1. The molecule has 0 heterocycles. The number of hydrogen-bond donors (Lipinski definition) is 3. The van der Waals surface area contributed by atoms with E-state index >= 15 is 0 Å². The number of methoxy groups -OCH3 is 1. The zero-order valence-corrected chi connectivity index (χ0v) is 15.6. The topological polar surface area (TPSA) is 87.7 Å². The highest BCUT2D eigenvalue weighted by Gasteiger charge is 2.28. The minimum Gasteiger partial charge on any atom is -0.481 e. The number of carbonyl (C=O) groups excluding carboxylic acids is 1. The minimum absolute atomic E-state index is 0.209. The molecular formula is C16H30N2O4S. The maximum atomic E-state index is 11.5.